The third kappa shape index (κ3) is 5.65. The fourth-order valence-corrected chi connectivity index (χ4v) is 3.94. The van der Waals surface area contributed by atoms with Crippen LogP contribution in [0.25, 0.3) is 10.9 Å². The quantitative estimate of drug-likeness (QED) is 0.323. The lowest BCUT2D eigenvalue weighted by Crippen LogP contribution is -2.39. The van der Waals surface area contributed by atoms with Crippen molar-refractivity contribution >= 4 is 57.5 Å². The summed E-state index contributed by atoms with van der Waals surface area (Å²) >= 11 is 12.0. The maximum atomic E-state index is 13.2. The van der Waals surface area contributed by atoms with Crippen LogP contribution in [0.4, 0.5) is 5.69 Å². The Balaban J connectivity index is 1.57. The fourth-order valence-electron chi connectivity index (χ4n) is 3.63. The molecule has 3 N–H and O–H groups in total. The molecule has 9 heteroatoms. The Kier molecular flexibility index (Phi) is 7.10. The molecule has 1 aromatic heterocycles. The molecule has 0 saturated carbocycles. The van der Waals surface area contributed by atoms with Crippen LogP contribution in [0.15, 0.2) is 66.7 Å². The minimum atomic E-state index is -0.924. The molecule has 4 rings (SSSR count). The first-order valence-corrected chi connectivity index (χ1v) is 11.5. The number of hydrogen-bond acceptors (Lipinski definition) is 3. The molecule has 0 aliphatic carbocycles. The van der Waals surface area contributed by atoms with Gasteiger partial charge in [0.15, 0.2) is 0 Å². The minimum Gasteiger partial charge on any atom is -0.344 e. The van der Waals surface area contributed by atoms with Crippen LogP contribution in [-0.2, 0) is 16.1 Å². The van der Waals surface area contributed by atoms with E-state index in [2.05, 4.69) is 16.1 Å². The molecule has 7 nitrogen and oxygen atoms in total. The lowest BCUT2D eigenvalue weighted by Gasteiger charge is -2.14. The Morgan fingerprint density at radius 2 is 1.54 bits per heavy atom. The van der Waals surface area contributed by atoms with Gasteiger partial charge in [0.05, 0.1) is 5.52 Å². The van der Waals surface area contributed by atoms with Gasteiger partial charge >= 0.3 is 11.8 Å². The fraction of sp³-hybridized carbons (Fsp3) is 0.115. The number of nitrogens with zero attached hydrogens (tertiary/aromatic N) is 1. The summed E-state index contributed by atoms with van der Waals surface area (Å²) in [5, 5.41) is 7.11. The third-order valence-electron chi connectivity index (χ3n) is 5.41. The van der Waals surface area contributed by atoms with Crippen LogP contribution < -0.4 is 16.1 Å². The number of anilines is 1. The van der Waals surface area contributed by atoms with Gasteiger partial charge in [0.2, 0.25) is 0 Å². The first-order chi connectivity index (χ1) is 16.7. The third-order valence-corrected chi connectivity index (χ3v) is 5.90. The number of hydrogen-bond donors (Lipinski definition) is 3. The number of halogens is 2. The van der Waals surface area contributed by atoms with E-state index >= 15 is 0 Å². The topological polar surface area (TPSA) is 92.2 Å². The highest BCUT2D eigenvalue weighted by Crippen LogP contribution is 2.24. The highest BCUT2D eigenvalue weighted by atomic mass is 35.5. The van der Waals surface area contributed by atoms with Crippen LogP contribution in [0.5, 0.6) is 0 Å². The van der Waals surface area contributed by atoms with E-state index in [-0.39, 0.29) is 12.2 Å². The first kappa shape index (κ1) is 24.3. The normalized spacial score (nSPS) is 10.7. The SMILES string of the molecule is Cc1ccc(NC(=O)c2cc3cc(Cl)ccc3n2NC(=O)C(=O)NCc2ccc(Cl)cc2)c(C)c1. The zero-order valence-corrected chi connectivity index (χ0v) is 20.5. The van der Waals surface area contributed by atoms with Crippen LogP contribution in [-0.4, -0.2) is 22.4 Å². The number of aromatic nitrogens is 1. The molecule has 3 amide bonds. The van der Waals surface area contributed by atoms with Crippen molar-refractivity contribution in [3.05, 3.63) is 99.2 Å². The van der Waals surface area contributed by atoms with Crippen molar-refractivity contribution in [3.8, 4) is 0 Å². The number of rotatable bonds is 5. The van der Waals surface area contributed by atoms with Crippen LogP contribution in [0, 0.1) is 13.8 Å². The molecule has 3 aromatic carbocycles. The van der Waals surface area contributed by atoms with Gasteiger partial charge in [-0.15, -0.1) is 0 Å². The number of carbonyl (C=O) groups is 3. The van der Waals surface area contributed by atoms with Gasteiger partial charge < -0.3 is 10.6 Å². The standard InChI is InChI=1S/C26H22Cl2N4O3/c1-15-3-9-21(16(2)11-15)30-24(33)23-13-18-12-20(28)8-10-22(18)32(23)31-26(35)25(34)29-14-17-4-6-19(27)7-5-17/h3-13H,14H2,1-2H3,(H,29,34)(H,30,33)(H,31,35). The molecule has 0 unspecified atom stereocenters. The van der Waals surface area contributed by atoms with Gasteiger partial charge in [0.25, 0.3) is 5.91 Å². The second-order valence-electron chi connectivity index (χ2n) is 8.09. The monoisotopic (exact) mass is 508 g/mol. The zero-order chi connectivity index (χ0) is 25.1. The largest absolute Gasteiger partial charge is 0.344 e. The summed E-state index contributed by atoms with van der Waals surface area (Å²) < 4.78 is 1.29. The molecule has 0 aliphatic rings. The summed E-state index contributed by atoms with van der Waals surface area (Å²) in [6.07, 6.45) is 0. The molecule has 178 valence electrons. The van der Waals surface area contributed by atoms with E-state index in [1.807, 2.05) is 32.0 Å². The van der Waals surface area contributed by atoms with E-state index in [4.69, 9.17) is 23.2 Å². The molecular weight excluding hydrogens is 487 g/mol. The minimum absolute atomic E-state index is 0.140. The smallest absolute Gasteiger partial charge is 0.328 e. The molecule has 1 heterocycles. The summed E-state index contributed by atoms with van der Waals surface area (Å²) in [4.78, 5) is 38.4. The molecule has 0 atom stereocenters. The van der Waals surface area contributed by atoms with Crippen molar-refractivity contribution in [1.82, 2.24) is 9.99 Å². The summed E-state index contributed by atoms with van der Waals surface area (Å²) in [5.74, 6) is -2.23. The predicted octanol–water partition coefficient (Wildman–Crippen LogP) is 5.20. The average Bonchev–Trinajstić information content (AvgIpc) is 3.17. The van der Waals surface area contributed by atoms with Gasteiger partial charge in [0, 0.05) is 27.7 Å². The molecular formula is C26H22Cl2N4O3. The molecule has 0 aliphatic heterocycles. The van der Waals surface area contributed by atoms with Crippen molar-refractivity contribution in [2.24, 2.45) is 0 Å². The molecule has 4 aromatic rings. The lowest BCUT2D eigenvalue weighted by molar-refractivity contribution is -0.136. The maximum Gasteiger partial charge on any atom is 0.328 e. The Morgan fingerprint density at radius 1 is 0.829 bits per heavy atom. The van der Waals surface area contributed by atoms with Gasteiger partial charge in [-0.25, -0.2) is 4.68 Å². The molecule has 35 heavy (non-hydrogen) atoms. The second-order valence-corrected chi connectivity index (χ2v) is 8.96. The van der Waals surface area contributed by atoms with Crippen molar-refractivity contribution < 1.29 is 14.4 Å². The summed E-state index contributed by atoms with van der Waals surface area (Å²) in [5.41, 5.74) is 6.57. The van der Waals surface area contributed by atoms with Crippen molar-refractivity contribution in [1.29, 1.82) is 0 Å². The lowest BCUT2D eigenvalue weighted by atomic mass is 10.1. The number of aryl methyl sites for hydroxylation is 2. The van der Waals surface area contributed by atoms with Crippen LogP contribution in [0.2, 0.25) is 10.0 Å². The predicted molar refractivity (Wildman–Crippen MR) is 138 cm³/mol. The van der Waals surface area contributed by atoms with E-state index in [0.29, 0.717) is 26.6 Å². The van der Waals surface area contributed by atoms with Crippen molar-refractivity contribution in [3.63, 3.8) is 0 Å². The molecule has 0 bridgehead atoms. The molecule has 0 radical (unpaired) electrons. The number of benzene rings is 3. The maximum absolute atomic E-state index is 13.2. The van der Waals surface area contributed by atoms with Gasteiger partial charge in [-0.1, -0.05) is 53.0 Å². The number of nitrogens with one attached hydrogen (secondary N) is 3. The molecule has 0 fully saturated rings. The Morgan fingerprint density at radius 3 is 2.26 bits per heavy atom. The second kappa shape index (κ2) is 10.2. The van der Waals surface area contributed by atoms with Crippen molar-refractivity contribution in [2.45, 2.75) is 20.4 Å². The molecule has 0 spiro atoms. The van der Waals surface area contributed by atoms with E-state index in [1.54, 1.807) is 48.5 Å². The van der Waals surface area contributed by atoms with Crippen LogP contribution in [0.3, 0.4) is 0 Å². The summed E-state index contributed by atoms with van der Waals surface area (Å²) in [7, 11) is 0. The molecule has 0 saturated heterocycles. The van der Waals surface area contributed by atoms with E-state index in [1.165, 1.54) is 4.68 Å². The van der Waals surface area contributed by atoms with Crippen LogP contribution in [0.1, 0.15) is 27.2 Å². The first-order valence-electron chi connectivity index (χ1n) is 10.7. The summed E-state index contributed by atoms with van der Waals surface area (Å²) in [6, 6.07) is 19.1. The van der Waals surface area contributed by atoms with E-state index < -0.39 is 17.7 Å². The zero-order valence-electron chi connectivity index (χ0n) is 19.0. The van der Waals surface area contributed by atoms with Gasteiger partial charge in [-0.2, -0.15) is 0 Å². The van der Waals surface area contributed by atoms with Gasteiger partial charge in [0.1, 0.15) is 5.69 Å². The Bertz CT molecular complexity index is 1450. The number of fused-ring (bicyclic) bond motifs is 1. The van der Waals surface area contributed by atoms with E-state index in [0.717, 1.165) is 16.7 Å². The van der Waals surface area contributed by atoms with Gasteiger partial charge in [-0.05, 0) is 67.4 Å². The van der Waals surface area contributed by atoms with Crippen molar-refractivity contribution in [2.75, 3.05) is 10.7 Å². The highest BCUT2D eigenvalue weighted by molar-refractivity contribution is 6.38. The Hall–Kier alpha value is -3.81. The van der Waals surface area contributed by atoms with E-state index in [9.17, 15) is 14.4 Å². The number of amides is 3. The Labute approximate surface area is 212 Å². The van der Waals surface area contributed by atoms with Crippen LogP contribution >= 0.6 is 23.2 Å². The number of carbonyl (C=O) groups excluding carboxylic acids is 3. The van der Waals surface area contributed by atoms with Gasteiger partial charge in [-0.3, -0.25) is 19.8 Å². The summed E-state index contributed by atoms with van der Waals surface area (Å²) in [6.45, 7) is 4.00. The highest BCUT2D eigenvalue weighted by Gasteiger charge is 2.21. The average molecular weight is 509 g/mol.